The minimum absolute atomic E-state index is 0.300. The second kappa shape index (κ2) is 6.93. The lowest BCUT2D eigenvalue weighted by Gasteiger charge is -2.09. The van der Waals surface area contributed by atoms with Crippen LogP contribution in [0.1, 0.15) is 14.5 Å². The van der Waals surface area contributed by atoms with Crippen LogP contribution in [-0.2, 0) is 9.53 Å². The minimum atomic E-state index is -0.534. The molecular weight excluding hydrogens is 333 g/mol. The molecule has 0 saturated heterocycles. The molecule has 1 heterocycles. The van der Waals surface area contributed by atoms with E-state index in [4.69, 9.17) is 27.9 Å². The first kappa shape index (κ1) is 15.8. The first-order valence-electron chi connectivity index (χ1n) is 5.95. The number of carbonyl (C=O) groups excluding carboxylic acids is 2. The number of carbonyl (C=O) groups is 2. The summed E-state index contributed by atoms with van der Waals surface area (Å²) in [5.74, 6) is -1.04. The Labute approximate surface area is 135 Å². The molecule has 0 unspecified atom stereocenters. The van der Waals surface area contributed by atoms with Crippen molar-refractivity contribution in [1.29, 1.82) is 0 Å². The summed E-state index contributed by atoms with van der Waals surface area (Å²) >= 11 is 13.2. The molecule has 0 saturated carbocycles. The van der Waals surface area contributed by atoms with Gasteiger partial charge in [-0.05, 0) is 31.2 Å². The Morgan fingerprint density at radius 2 is 1.86 bits per heavy atom. The molecule has 2 rings (SSSR count). The molecule has 0 radical (unpaired) electrons. The van der Waals surface area contributed by atoms with Gasteiger partial charge in [-0.25, -0.2) is 4.79 Å². The van der Waals surface area contributed by atoms with Crippen molar-refractivity contribution in [2.45, 2.75) is 6.92 Å². The zero-order chi connectivity index (χ0) is 15.4. The Hall–Kier alpha value is -1.56. The van der Waals surface area contributed by atoms with Gasteiger partial charge >= 0.3 is 5.97 Å². The van der Waals surface area contributed by atoms with E-state index in [0.717, 1.165) is 4.88 Å². The average Bonchev–Trinajstić information content (AvgIpc) is 2.87. The third-order valence-corrected chi connectivity index (χ3v) is 4.11. The topological polar surface area (TPSA) is 55.4 Å². The maximum absolute atomic E-state index is 11.8. The molecule has 0 bridgehead atoms. The molecule has 0 aliphatic rings. The number of halogens is 2. The van der Waals surface area contributed by atoms with Gasteiger partial charge in [-0.3, -0.25) is 4.79 Å². The van der Waals surface area contributed by atoms with Gasteiger partial charge < -0.3 is 10.1 Å². The molecule has 1 aromatic carbocycles. The number of esters is 1. The van der Waals surface area contributed by atoms with Crippen molar-refractivity contribution in [2.24, 2.45) is 0 Å². The first-order valence-corrected chi connectivity index (χ1v) is 7.52. The third-order valence-electron chi connectivity index (χ3n) is 2.50. The van der Waals surface area contributed by atoms with Gasteiger partial charge in [0.05, 0.1) is 15.7 Å². The molecule has 21 heavy (non-hydrogen) atoms. The van der Waals surface area contributed by atoms with Crippen molar-refractivity contribution in [1.82, 2.24) is 0 Å². The van der Waals surface area contributed by atoms with Crippen LogP contribution in [0.4, 0.5) is 5.69 Å². The Morgan fingerprint density at radius 1 is 1.19 bits per heavy atom. The molecule has 2 aromatic rings. The highest BCUT2D eigenvalue weighted by atomic mass is 35.5. The van der Waals surface area contributed by atoms with Crippen LogP contribution in [0.25, 0.3) is 0 Å². The highest BCUT2D eigenvalue weighted by Crippen LogP contribution is 2.29. The van der Waals surface area contributed by atoms with Crippen LogP contribution in [0, 0.1) is 6.92 Å². The Balaban J connectivity index is 1.92. The summed E-state index contributed by atoms with van der Waals surface area (Å²) in [6.07, 6.45) is 0. The summed E-state index contributed by atoms with van der Waals surface area (Å²) in [4.78, 5) is 24.9. The Morgan fingerprint density at radius 3 is 2.43 bits per heavy atom. The molecule has 1 N–H and O–H groups in total. The lowest BCUT2D eigenvalue weighted by atomic mass is 10.3. The highest BCUT2D eigenvalue weighted by molar-refractivity contribution is 7.13. The fraction of sp³-hybridized carbons (Fsp3) is 0.143. The molecule has 0 atom stereocenters. The van der Waals surface area contributed by atoms with E-state index in [1.165, 1.54) is 11.3 Å². The Bertz CT molecular complexity index is 664. The van der Waals surface area contributed by atoms with Crippen LogP contribution >= 0.6 is 34.5 Å². The van der Waals surface area contributed by atoms with Crippen LogP contribution in [0.3, 0.4) is 0 Å². The number of nitrogens with one attached hydrogen (secondary N) is 1. The summed E-state index contributed by atoms with van der Waals surface area (Å²) in [7, 11) is 0. The van der Waals surface area contributed by atoms with Crippen molar-refractivity contribution in [3.8, 4) is 0 Å². The van der Waals surface area contributed by atoms with E-state index < -0.39 is 18.5 Å². The fourth-order valence-corrected chi connectivity index (χ4v) is 2.79. The molecule has 0 aliphatic carbocycles. The molecule has 110 valence electrons. The first-order chi connectivity index (χ1) is 9.97. The van der Waals surface area contributed by atoms with Gasteiger partial charge in [0.1, 0.15) is 4.88 Å². The van der Waals surface area contributed by atoms with E-state index in [-0.39, 0.29) is 0 Å². The van der Waals surface area contributed by atoms with Crippen LogP contribution in [0.15, 0.2) is 30.3 Å². The predicted molar refractivity (Wildman–Crippen MR) is 84.4 cm³/mol. The number of ether oxygens (including phenoxy) is 1. The van der Waals surface area contributed by atoms with Gasteiger partial charge in [-0.1, -0.05) is 29.3 Å². The number of rotatable bonds is 4. The quantitative estimate of drug-likeness (QED) is 0.848. The number of hydrogen-bond donors (Lipinski definition) is 1. The molecule has 1 aromatic heterocycles. The van der Waals surface area contributed by atoms with E-state index in [2.05, 4.69) is 5.32 Å². The number of thiophene rings is 1. The second-order valence-corrected chi connectivity index (χ2v) is 6.23. The van der Waals surface area contributed by atoms with E-state index in [1.54, 1.807) is 24.3 Å². The average molecular weight is 344 g/mol. The van der Waals surface area contributed by atoms with E-state index in [9.17, 15) is 9.59 Å². The second-order valence-electron chi connectivity index (χ2n) is 4.13. The largest absolute Gasteiger partial charge is 0.451 e. The number of anilines is 1. The van der Waals surface area contributed by atoms with Gasteiger partial charge in [0.15, 0.2) is 6.61 Å². The number of benzene rings is 1. The lowest BCUT2D eigenvalue weighted by Crippen LogP contribution is -2.21. The van der Waals surface area contributed by atoms with Crippen molar-refractivity contribution >= 4 is 52.1 Å². The van der Waals surface area contributed by atoms with Gasteiger partial charge in [-0.15, -0.1) is 11.3 Å². The van der Waals surface area contributed by atoms with Crippen LogP contribution in [0.2, 0.25) is 10.0 Å². The standard InChI is InChI=1S/C14H11Cl2NO3S/c1-8-5-6-11(21-8)14(19)20-7-12(18)17-13-9(15)3-2-4-10(13)16/h2-6H,7H2,1H3,(H,17,18). The summed E-state index contributed by atoms with van der Waals surface area (Å²) in [5.41, 5.74) is 0.300. The molecule has 0 fully saturated rings. The van der Waals surface area contributed by atoms with Gasteiger partial charge in [0.25, 0.3) is 5.91 Å². The van der Waals surface area contributed by atoms with Crippen LogP contribution < -0.4 is 5.32 Å². The summed E-state index contributed by atoms with van der Waals surface area (Å²) in [6, 6.07) is 8.34. The molecule has 0 spiro atoms. The minimum Gasteiger partial charge on any atom is -0.451 e. The number of aryl methyl sites for hydroxylation is 1. The molecule has 4 nitrogen and oxygen atoms in total. The SMILES string of the molecule is Cc1ccc(C(=O)OCC(=O)Nc2c(Cl)cccc2Cl)s1. The number of amides is 1. The van der Waals surface area contributed by atoms with E-state index in [0.29, 0.717) is 20.6 Å². The molecule has 7 heteroatoms. The number of para-hydroxylation sites is 1. The van der Waals surface area contributed by atoms with Crippen LogP contribution in [0.5, 0.6) is 0 Å². The molecule has 1 amide bonds. The maximum Gasteiger partial charge on any atom is 0.348 e. The number of hydrogen-bond acceptors (Lipinski definition) is 4. The van der Waals surface area contributed by atoms with Crippen molar-refractivity contribution in [3.05, 3.63) is 50.1 Å². The fourth-order valence-electron chi connectivity index (χ4n) is 1.54. The van der Waals surface area contributed by atoms with Gasteiger partial charge in [0.2, 0.25) is 0 Å². The van der Waals surface area contributed by atoms with Crippen LogP contribution in [-0.4, -0.2) is 18.5 Å². The maximum atomic E-state index is 11.8. The lowest BCUT2D eigenvalue weighted by molar-refractivity contribution is -0.119. The predicted octanol–water partition coefficient (Wildman–Crippen LogP) is 4.16. The Kier molecular flexibility index (Phi) is 5.22. The smallest absolute Gasteiger partial charge is 0.348 e. The van der Waals surface area contributed by atoms with E-state index in [1.807, 2.05) is 13.0 Å². The summed E-state index contributed by atoms with van der Waals surface area (Å²) in [6.45, 7) is 1.48. The summed E-state index contributed by atoms with van der Waals surface area (Å²) < 4.78 is 4.93. The monoisotopic (exact) mass is 343 g/mol. The van der Waals surface area contributed by atoms with Gasteiger partial charge in [0, 0.05) is 4.88 Å². The van der Waals surface area contributed by atoms with E-state index >= 15 is 0 Å². The van der Waals surface area contributed by atoms with Crippen molar-refractivity contribution < 1.29 is 14.3 Å². The van der Waals surface area contributed by atoms with Crippen molar-refractivity contribution in [3.63, 3.8) is 0 Å². The molecule has 0 aliphatic heterocycles. The molecular formula is C14H11Cl2NO3S. The van der Waals surface area contributed by atoms with Crippen molar-refractivity contribution in [2.75, 3.05) is 11.9 Å². The highest BCUT2D eigenvalue weighted by Gasteiger charge is 2.14. The zero-order valence-corrected chi connectivity index (χ0v) is 13.3. The third kappa shape index (κ3) is 4.20. The zero-order valence-electron chi connectivity index (χ0n) is 11.0. The van der Waals surface area contributed by atoms with Gasteiger partial charge in [-0.2, -0.15) is 0 Å². The summed E-state index contributed by atoms with van der Waals surface area (Å²) in [5, 5.41) is 3.15. The normalized spacial score (nSPS) is 10.2.